The van der Waals surface area contributed by atoms with Crippen molar-refractivity contribution in [1.29, 1.82) is 0 Å². The number of methoxy groups -OCH3 is 1. The van der Waals surface area contributed by atoms with E-state index in [2.05, 4.69) is 10.4 Å². The summed E-state index contributed by atoms with van der Waals surface area (Å²) < 4.78 is 21.1. The predicted molar refractivity (Wildman–Crippen MR) is 111 cm³/mol. The topological polar surface area (TPSA) is 56.1 Å². The highest BCUT2D eigenvalue weighted by Crippen LogP contribution is 2.26. The lowest BCUT2D eigenvalue weighted by atomic mass is 9.97. The lowest BCUT2D eigenvalue weighted by Gasteiger charge is -2.14. The molecule has 1 N–H and O–H groups in total. The number of ether oxygens (including phenoxy) is 1. The van der Waals surface area contributed by atoms with Crippen molar-refractivity contribution < 1.29 is 13.9 Å². The fourth-order valence-electron chi connectivity index (χ4n) is 3.22. The summed E-state index contributed by atoms with van der Waals surface area (Å²) in [6, 6.07) is 18.0. The van der Waals surface area contributed by atoms with Gasteiger partial charge in [-0.15, -0.1) is 0 Å². The number of nitrogens with zero attached hydrogens (tertiary/aromatic N) is 2. The fourth-order valence-corrected chi connectivity index (χ4v) is 3.22. The van der Waals surface area contributed by atoms with Gasteiger partial charge in [-0.05, 0) is 59.7 Å². The summed E-state index contributed by atoms with van der Waals surface area (Å²) in [5, 5.41) is 8.88. The molecule has 4 aromatic rings. The zero-order chi connectivity index (χ0) is 20.4. The van der Waals surface area contributed by atoms with Gasteiger partial charge in [-0.3, -0.25) is 4.79 Å². The maximum atomic E-state index is 14.4. The van der Waals surface area contributed by atoms with Crippen molar-refractivity contribution in [3.05, 3.63) is 84.4 Å². The van der Waals surface area contributed by atoms with Gasteiger partial charge < -0.3 is 10.1 Å². The van der Waals surface area contributed by atoms with Gasteiger partial charge in [-0.2, -0.15) is 5.10 Å². The normalized spacial score (nSPS) is 12.0. The summed E-state index contributed by atoms with van der Waals surface area (Å²) in [7, 11) is 1.63. The number of fused-ring (bicyclic) bond motifs is 1. The van der Waals surface area contributed by atoms with Gasteiger partial charge in [0.05, 0.1) is 13.0 Å². The van der Waals surface area contributed by atoms with Gasteiger partial charge in [0.25, 0.3) is 0 Å². The quantitative estimate of drug-likeness (QED) is 0.527. The molecule has 5 nitrogen and oxygen atoms in total. The molecule has 1 amide bonds. The minimum Gasteiger partial charge on any atom is -0.497 e. The molecule has 0 aliphatic carbocycles. The van der Waals surface area contributed by atoms with Crippen molar-refractivity contribution >= 4 is 22.4 Å². The van der Waals surface area contributed by atoms with Crippen LogP contribution in [0, 0.1) is 5.82 Å². The molecule has 0 aliphatic heterocycles. The van der Waals surface area contributed by atoms with Crippen LogP contribution in [0.5, 0.6) is 5.75 Å². The van der Waals surface area contributed by atoms with E-state index in [0.29, 0.717) is 11.4 Å². The molecule has 0 saturated heterocycles. The maximum Gasteiger partial charge on any atom is 0.231 e. The summed E-state index contributed by atoms with van der Waals surface area (Å²) in [6.07, 6.45) is 3.24. The van der Waals surface area contributed by atoms with Gasteiger partial charge >= 0.3 is 0 Å². The second kappa shape index (κ2) is 7.75. The number of aromatic nitrogens is 2. The molecule has 0 spiro atoms. The standard InChI is InChI=1S/C23H20FN3O2/c1-15(16-4-5-18-13-20(29-2)8-6-17(18)12-16)23(28)26-19-7-9-22(21(24)14-19)27-11-3-10-25-27/h3-15H,1-2H3,(H,26,28)/t15-/m0/s1. The first-order valence-electron chi connectivity index (χ1n) is 9.23. The molecular formula is C23H20FN3O2. The van der Waals surface area contributed by atoms with Gasteiger partial charge in [0, 0.05) is 18.1 Å². The number of nitrogens with one attached hydrogen (secondary N) is 1. The lowest BCUT2D eigenvalue weighted by molar-refractivity contribution is -0.117. The molecular weight excluding hydrogens is 369 g/mol. The third-order valence-corrected chi connectivity index (χ3v) is 4.93. The molecule has 1 aromatic heterocycles. The minimum atomic E-state index is -0.459. The largest absolute Gasteiger partial charge is 0.497 e. The molecule has 0 saturated carbocycles. The van der Waals surface area contributed by atoms with E-state index in [-0.39, 0.29) is 5.91 Å². The molecule has 1 atom stereocenters. The van der Waals surface area contributed by atoms with E-state index in [9.17, 15) is 9.18 Å². The predicted octanol–water partition coefficient (Wildman–Crippen LogP) is 4.92. The number of anilines is 1. The molecule has 0 aliphatic rings. The second-order valence-electron chi connectivity index (χ2n) is 6.80. The Bertz CT molecular complexity index is 1170. The van der Waals surface area contributed by atoms with Crippen LogP contribution in [0.2, 0.25) is 0 Å². The summed E-state index contributed by atoms with van der Waals surface area (Å²) >= 11 is 0. The minimum absolute atomic E-state index is 0.205. The van der Waals surface area contributed by atoms with E-state index < -0.39 is 11.7 Å². The van der Waals surface area contributed by atoms with Crippen molar-refractivity contribution in [2.75, 3.05) is 12.4 Å². The van der Waals surface area contributed by atoms with Crippen LogP contribution in [-0.4, -0.2) is 22.8 Å². The summed E-state index contributed by atoms with van der Waals surface area (Å²) in [6.45, 7) is 1.83. The van der Waals surface area contributed by atoms with Gasteiger partial charge in [-0.25, -0.2) is 9.07 Å². The van der Waals surface area contributed by atoms with Crippen LogP contribution in [0.4, 0.5) is 10.1 Å². The Labute approximate surface area is 167 Å². The van der Waals surface area contributed by atoms with Gasteiger partial charge in [0.2, 0.25) is 5.91 Å². The molecule has 0 unspecified atom stereocenters. The van der Waals surface area contributed by atoms with E-state index in [1.165, 1.54) is 10.7 Å². The van der Waals surface area contributed by atoms with Crippen LogP contribution in [0.25, 0.3) is 16.5 Å². The molecule has 6 heteroatoms. The molecule has 1 heterocycles. The van der Waals surface area contributed by atoms with Crippen LogP contribution in [0.15, 0.2) is 73.1 Å². The zero-order valence-electron chi connectivity index (χ0n) is 16.1. The molecule has 0 fully saturated rings. The van der Waals surface area contributed by atoms with E-state index >= 15 is 0 Å². The number of halogens is 1. The monoisotopic (exact) mass is 389 g/mol. The lowest BCUT2D eigenvalue weighted by Crippen LogP contribution is -2.19. The highest BCUT2D eigenvalue weighted by molar-refractivity contribution is 5.96. The Kier molecular flexibility index (Phi) is 4.99. The maximum absolute atomic E-state index is 14.4. The van der Waals surface area contributed by atoms with Crippen LogP contribution >= 0.6 is 0 Å². The first-order chi connectivity index (χ1) is 14.0. The third kappa shape index (κ3) is 3.82. The number of hydrogen-bond acceptors (Lipinski definition) is 3. The molecule has 0 radical (unpaired) electrons. The molecule has 29 heavy (non-hydrogen) atoms. The van der Waals surface area contributed by atoms with Crippen LogP contribution in [0.3, 0.4) is 0 Å². The first-order valence-corrected chi connectivity index (χ1v) is 9.23. The Hall–Kier alpha value is -3.67. The zero-order valence-corrected chi connectivity index (χ0v) is 16.1. The average Bonchev–Trinajstić information content (AvgIpc) is 3.27. The molecule has 3 aromatic carbocycles. The third-order valence-electron chi connectivity index (χ3n) is 4.93. The van der Waals surface area contributed by atoms with Crippen LogP contribution in [0.1, 0.15) is 18.4 Å². The number of hydrogen-bond donors (Lipinski definition) is 1. The summed E-state index contributed by atoms with van der Waals surface area (Å²) in [5.74, 6) is -0.269. The number of benzene rings is 3. The van der Waals surface area contributed by atoms with Crippen LogP contribution < -0.4 is 10.1 Å². The van der Waals surface area contributed by atoms with Gasteiger partial charge in [0.15, 0.2) is 5.82 Å². The summed E-state index contributed by atoms with van der Waals surface area (Å²) in [4.78, 5) is 12.7. The van der Waals surface area contributed by atoms with E-state index in [0.717, 1.165) is 22.1 Å². The van der Waals surface area contributed by atoms with Crippen molar-refractivity contribution in [1.82, 2.24) is 9.78 Å². The Morgan fingerprint density at radius 2 is 1.90 bits per heavy atom. The van der Waals surface area contributed by atoms with Crippen molar-refractivity contribution in [3.63, 3.8) is 0 Å². The number of carbonyl (C=O) groups excluding carboxylic acids is 1. The van der Waals surface area contributed by atoms with Crippen LogP contribution in [-0.2, 0) is 4.79 Å². The van der Waals surface area contributed by atoms with E-state index in [1.54, 1.807) is 37.7 Å². The Morgan fingerprint density at radius 1 is 1.10 bits per heavy atom. The number of amides is 1. The van der Waals surface area contributed by atoms with Crippen molar-refractivity contribution in [2.24, 2.45) is 0 Å². The highest BCUT2D eigenvalue weighted by atomic mass is 19.1. The second-order valence-corrected chi connectivity index (χ2v) is 6.80. The molecule has 0 bridgehead atoms. The van der Waals surface area contributed by atoms with Crippen molar-refractivity contribution in [3.8, 4) is 11.4 Å². The smallest absolute Gasteiger partial charge is 0.231 e. The number of rotatable bonds is 5. The summed E-state index contributed by atoms with van der Waals surface area (Å²) in [5.41, 5.74) is 1.61. The Morgan fingerprint density at radius 3 is 2.62 bits per heavy atom. The molecule has 4 rings (SSSR count). The fraction of sp³-hybridized carbons (Fsp3) is 0.130. The van der Waals surface area contributed by atoms with Crippen molar-refractivity contribution in [2.45, 2.75) is 12.8 Å². The number of carbonyl (C=O) groups is 1. The average molecular weight is 389 g/mol. The van der Waals surface area contributed by atoms with Gasteiger partial charge in [0.1, 0.15) is 11.4 Å². The van der Waals surface area contributed by atoms with E-state index in [4.69, 9.17) is 4.74 Å². The molecule has 146 valence electrons. The highest BCUT2D eigenvalue weighted by Gasteiger charge is 2.17. The van der Waals surface area contributed by atoms with Gasteiger partial charge in [-0.1, -0.05) is 24.3 Å². The first kappa shape index (κ1) is 18.7. The van der Waals surface area contributed by atoms with E-state index in [1.807, 2.05) is 43.3 Å². The SMILES string of the molecule is COc1ccc2cc([C@H](C)C(=O)Nc3ccc(-n4cccn4)c(F)c3)ccc2c1. The Balaban J connectivity index is 1.52.